The number of hydrogen-bond donors (Lipinski definition) is 1. The van der Waals surface area contributed by atoms with Gasteiger partial charge in [0.25, 0.3) is 0 Å². The fraction of sp³-hybridized carbons (Fsp3) is 0.630. The molecule has 164 valence electrons. The third-order valence-electron chi connectivity index (χ3n) is 8.33. The Morgan fingerprint density at radius 1 is 1.10 bits per heavy atom. The van der Waals surface area contributed by atoms with Crippen LogP contribution in [-0.2, 0) is 0 Å². The summed E-state index contributed by atoms with van der Waals surface area (Å²) in [6.45, 7) is 12.9. The molecule has 0 bridgehead atoms. The van der Waals surface area contributed by atoms with Gasteiger partial charge in [0, 0.05) is 11.4 Å². The molecule has 0 saturated heterocycles. The van der Waals surface area contributed by atoms with Crippen molar-refractivity contribution >= 4 is 22.4 Å². The predicted molar refractivity (Wildman–Crippen MR) is 128 cm³/mol. The number of benzene rings is 2. The molecule has 2 aliphatic rings. The van der Waals surface area contributed by atoms with Crippen molar-refractivity contribution in [2.24, 2.45) is 23.2 Å². The molecule has 2 aromatic rings. The summed E-state index contributed by atoms with van der Waals surface area (Å²) in [6.07, 6.45) is 6.39. The van der Waals surface area contributed by atoms with Crippen LogP contribution < -0.4 is 10.1 Å². The molecule has 3 heteroatoms. The molecule has 0 heterocycles. The maximum Gasteiger partial charge on any atom is 0.138 e. The number of ether oxygens (including phenoxy) is 1. The van der Waals surface area contributed by atoms with Gasteiger partial charge in [-0.25, -0.2) is 0 Å². The van der Waals surface area contributed by atoms with Crippen LogP contribution in [0.25, 0.3) is 10.8 Å². The van der Waals surface area contributed by atoms with Crippen LogP contribution >= 0.6 is 11.6 Å². The third-order valence-corrected chi connectivity index (χ3v) is 8.72. The van der Waals surface area contributed by atoms with E-state index in [1.807, 2.05) is 6.07 Å². The van der Waals surface area contributed by atoms with Gasteiger partial charge in [0.1, 0.15) is 5.75 Å². The molecule has 2 fully saturated rings. The minimum atomic E-state index is 0.299. The lowest BCUT2D eigenvalue weighted by molar-refractivity contribution is -0.00790. The Kier molecular flexibility index (Phi) is 6.38. The number of hydrogen-bond acceptors (Lipinski definition) is 2. The van der Waals surface area contributed by atoms with E-state index in [1.165, 1.54) is 30.2 Å². The zero-order valence-electron chi connectivity index (χ0n) is 19.3. The van der Waals surface area contributed by atoms with Crippen LogP contribution in [0, 0.1) is 23.2 Å². The van der Waals surface area contributed by atoms with E-state index in [9.17, 15) is 0 Å². The molecule has 1 unspecified atom stereocenters. The zero-order chi connectivity index (χ0) is 21.5. The fourth-order valence-electron chi connectivity index (χ4n) is 5.23. The summed E-state index contributed by atoms with van der Waals surface area (Å²) in [4.78, 5) is 0. The highest BCUT2D eigenvalue weighted by Crippen LogP contribution is 2.50. The van der Waals surface area contributed by atoms with Gasteiger partial charge in [0.15, 0.2) is 0 Å². The molecule has 2 aromatic carbocycles. The highest BCUT2D eigenvalue weighted by Gasteiger charge is 2.44. The molecule has 2 nitrogen and oxygen atoms in total. The van der Waals surface area contributed by atoms with Gasteiger partial charge < -0.3 is 10.1 Å². The van der Waals surface area contributed by atoms with Crippen molar-refractivity contribution < 1.29 is 4.74 Å². The van der Waals surface area contributed by atoms with Crippen molar-refractivity contribution in [3.05, 3.63) is 40.9 Å². The molecular formula is C27H38ClNO. The average molecular weight is 428 g/mol. The highest BCUT2D eigenvalue weighted by atomic mass is 35.5. The van der Waals surface area contributed by atoms with Crippen molar-refractivity contribution in [3.63, 3.8) is 0 Å². The first-order valence-electron chi connectivity index (χ1n) is 11.9. The summed E-state index contributed by atoms with van der Waals surface area (Å²) in [5.74, 6) is 3.25. The maximum absolute atomic E-state index is 6.83. The first-order chi connectivity index (χ1) is 14.3. The minimum Gasteiger partial charge on any atom is -0.489 e. The van der Waals surface area contributed by atoms with E-state index in [1.54, 1.807) is 0 Å². The van der Waals surface area contributed by atoms with Crippen molar-refractivity contribution in [3.8, 4) is 5.75 Å². The van der Waals surface area contributed by atoms with Crippen LogP contribution in [0.3, 0.4) is 0 Å². The Labute approximate surface area is 187 Å². The van der Waals surface area contributed by atoms with Crippen LogP contribution in [0.1, 0.15) is 78.3 Å². The third kappa shape index (κ3) is 4.36. The van der Waals surface area contributed by atoms with Gasteiger partial charge in [-0.3, -0.25) is 0 Å². The number of halogens is 1. The van der Waals surface area contributed by atoms with Gasteiger partial charge in [0.2, 0.25) is 0 Å². The standard InChI is InChI=1S/C27H38ClNO/c1-17-6-11-23(12-7-17)30-25-13-10-20-8-9-21(15-24(20)26(25)28)19(3)29-16-22-14-18(2)27(22,4)5/h8-10,13,15,17-19,22-23,29H,6-7,11-12,14,16H2,1-5H3/t17?,18-,19?,22-,23?/m1/s1. The first kappa shape index (κ1) is 22.0. The molecule has 30 heavy (non-hydrogen) atoms. The molecule has 0 spiro atoms. The van der Waals surface area contributed by atoms with Gasteiger partial charge in [-0.05, 0) is 91.8 Å². The predicted octanol–water partition coefficient (Wildman–Crippen LogP) is 7.78. The van der Waals surface area contributed by atoms with Crippen molar-refractivity contribution in [1.29, 1.82) is 0 Å². The van der Waals surface area contributed by atoms with Gasteiger partial charge in [-0.2, -0.15) is 0 Å². The molecule has 2 aliphatic carbocycles. The first-order valence-corrected chi connectivity index (χ1v) is 12.3. The van der Waals surface area contributed by atoms with Gasteiger partial charge in [-0.1, -0.05) is 57.5 Å². The molecule has 2 saturated carbocycles. The Morgan fingerprint density at radius 2 is 1.80 bits per heavy atom. The van der Waals surface area contributed by atoms with Gasteiger partial charge in [-0.15, -0.1) is 0 Å². The van der Waals surface area contributed by atoms with Crippen LogP contribution in [0.2, 0.25) is 5.02 Å². The summed E-state index contributed by atoms with van der Waals surface area (Å²) >= 11 is 6.83. The molecule has 0 aromatic heterocycles. The number of rotatable bonds is 6. The van der Waals surface area contributed by atoms with Crippen molar-refractivity contribution in [2.75, 3.05) is 6.54 Å². The quantitative estimate of drug-likeness (QED) is 0.508. The van der Waals surface area contributed by atoms with Gasteiger partial charge in [0.05, 0.1) is 11.1 Å². The average Bonchev–Trinajstić information content (AvgIpc) is 2.74. The summed E-state index contributed by atoms with van der Waals surface area (Å²) in [7, 11) is 0. The van der Waals surface area contributed by atoms with Crippen LogP contribution in [-0.4, -0.2) is 12.6 Å². The Hall–Kier alpha value is -1.25. The molecule has 1 N–H and O–H groups in total. The molecule has 3 atom stereocenters. The van der Waals surface area contributed by atoms with E-state index in [2.05, 4.69) is 64.2 Å². The van der Waals surface area contributed by atoms with E-state index < -0.39 is 0 Å². The van der Waals surface area contributed by atoms with Crippen molar-refractivity contribution in [2.45, 2.75) is 78.9 Å². The summed E-state index contributed by atoms with van der Waals surface area (Å²) < 4.78 is 6.33. The van der Waals surface area contributed by atoms with Crippen LogP contribution in [0.15, 0.2) is 30.3 Å². The fourth-order valence-corrected chi connectivity index (χ4v) is 5.50. The largest absolute Gasteiger partial charge is 0.489 e. The molecule has 0 radical (unpaired) electrons. The lowest BCUT2D eigenvalue weighted by atomic mass is 9.55. The monoisotopic (exact) mass is 427 g/mol. The van der Waals surface area contributed by atoms with E-state index in [4.69, 9.17) is 16.3 Å². The topological polar surface area (TPSA) is 21.3 Å². The molecule has 4 rings (SSSR count). The Morgan fingerprint density at radius 3 is 2.47 bits per heavy atom. The number of nitrogens with one attached hydrogen (secondary N) is 1. The zero-order valence-corrected chi connectivity index (χ0v) is 20.1. The normalized spacial score (nSPS) is 29.4. The number of fused-ring (bicyclic) bond motifs is 1. The second-order valence-electron chi connectivity index (χ2n) is 10.6. The molecular weight excluding hydrogens is 390 g/mol. The van der Waals surface area contributed by atoms with E-state index in [-0.39, 0.29) is 0 Å². The Bertz CT molecular complexity index is 884. The summed E-state index contributed by atoms with van der Waals surface area (Å²) in [6, 6.07) is 11.2. The smallest absolute Gasteiger partial charge is 0.138 e. The lowest BCUT2D eigenvalue weighted by Gasteiger charge is -2.51. The maximum atomic E-state index is 6.83. The second-order valence-corrected chi connectivity index (χ2v) is 11.0. The SMILES string of the molecule is CC1CCC(Oc2ccc3ccc(C(C)NC[C@H]4C[C@@H](C)C4(C)C)cc3c2Cl)CC1. The minimum absolute atomic E-state index is 0.299. The van der Waals surface area contributed by atoms with Crippen LogP contribution in [0.5, 0.6) is 5.75 Å². The lowest BCUT2D eigenvalue weighted by Crippen LogP contribution is -2.48. The molecule has 0 aliphatic heterocycles. The highest BCUT2D eigenvalue weighted by molar-refractivity contribution is 6.37. The summed E-state index contributed by atoms with van der Waals surface area (Å²) in [5.41, 5.74) is 1.74. The van der Waals surface area contributed by atoms with E-state index >= 15 is 0 Å². The molecule has 0 amide bonds. The summed E-state index contributed by atoms with van der Waals surface area (Å²) in [5, 5.41) is 6.80. The van der Waals surface area contributed by atoms with E-state index in [0.29, 0.717) is 17.6 Å². The van der Waals surface area contributed by atoms with Gasteiger partial charge >= 0.3 is 0 Å². The van der Waals surface area contributed by atoms with E-state index in [0.717, 1.165) is 53.3 Å². The van der Waals surface area contributed by atoms with Crippen LogP contribution in [0.4, 0.5) is 0 Å². The second kappa shape index (κ2) is 8.71. The van der Waals surface area contributed by atoms with Crippen molar-refractivity contribution in [1.82, 2.24) is 5.32 Å². The Balaban J connectivity index is 1.46.